The topological polar surface area (TPSA) is 67.6 Å². The highest BCUT2D eigenvalue weighted by molar-refractivity contribution is 5.79. The third-order valence-electron chi connectivity index (χ3n) is 5.25. The number of hydrogen-bond donors (Lipinski definition) is 1. The molecule has 0 saturated carbocycles. The zero-order chi connectivity index (χ0) is 18.7. The molecule has 1 N–H and O–H groups in total. The van der Waals surface area contributed by atoms with Crippen LogP contribution in [0.4, 0.5) is 0 Å². The Labute approximate surface area is 154 Å². The second kappa shape index (κ2) is 7.50. The van der Waals surface area contributed by atoms with E-state index in [9.17, 15) is 9.90 Å². The Morgan fingerprint density at radius 2 is 2.04 bits per heavy atom. The highest BCUT2D eigenvalue weighted by atomic mass is 16.5. The summed E-state index contributed by atoms with van der Waals surface area (Å²) in [6, 6.07) is 5.84. The van der Waals surface area contributed by atoms with Crippen LogP contribution >= 0.6 is 0 Å². The second-order valence-electron chi connectivity index (χ2n) is 7.19. The maximum absolute atomic E-state index is 12.6. The predicted octanol–water partition coefficient (Wildman–Crippen LogP) is 2.10. The van der Waals surface area contributed by atoms with E-state index in [4.69, 9.17) is 4.74 Å². The molecule has 1 saturated heterocycles. The predicted molar refractivity (Wildman–Crippen MR) is 99.2 cm³/mol. The number of amides is 1. The number of benzene rings is 1. The van der Waals surface area contributed by atoms with E-state index in [1.807, 2.05) is 47.7 Å². The molecule has 1 aliphatic heterocycles. The maximum atomic E-state index is 12.6. The van der Waals surface area contributed by atoms with Gasteiger partial charge in [0.05, 0.1) is 25.7 Å². The number of piperidine rings is 1. The van der Waals surface area contributed by atoms with Gasteiger partial charge in [0.25, 0.3) is 0 Å². The van der Waals surface area contributed by atoms with Gasteiger partial charge in [-0.3, -0.25) is 4.79 Å². The van der Waals surface area contributed by atoms with Crippen LogP contribution in [0.2, 0.25) is 0 Å². The second-order valence-corrected chi connectivity index (χ2v) is 7.19. The fraction of sp³-hybridized carbons (Fsp3) is 0.500. The van der Waals surface area contributed by atoms with Gasteiger partial charge in [0, 0.05) is 25.5 Å². The fourth-order valence-electron chi connectivity index (χ4n) is 3.56. The van der Waals surface area contributed by atoms with Crippen LogP contribution in [0, 0.1) is 13.8 Å². The van der Waals surface area contributed by atoms with E-state index in [2.05, 4.69) is 4.98 Å². The Kier molecular flexibility index (Phi) is 5.32. The van der Waals surface area contributed by atoms with Crippen molar-refractivity contribution in [2.45, 2.75) is 45.3 Å². The Morgan fingerprint density at radius 3 is 2.62 bits per heavy atom. The molecule has 1 aromatic heterocycles. The van der Waals surface area contributed by atoms with Gasteiger partial charge in [-0.15, -0.1) is 0 Å². The van der Waals surface area contributed by atoms with Crippen molar-refractivity contribution >= 4 is 5.91 Å². The molecule has 0 radical (unpaired) electrons. The van der Waals surface area contributed by atoms with E-state index < -0.39 is 5.60 Å². The van der Waals surface area contributed by atoms with E-state index in [1.54, 1.807) is 13.3 Å². The van der Waals surface area contributed by atoms with Gasteiger partial charge >= 0.3 is 0 Å². The van der Waals surface area contributed by atoms with Crippen molar-refractivity contribution in [1.29, 1.82) is 0 Å². The van der Waals surface area contributed by atoms with Crippen molar-refractivity contribution in [3.8, 4) is 5.75 Å². The Balaban J connectivity index is 1.56. The molecule has 0 atom stereocenters. The molecule has 26 heavy (non-hydrogen) atoms. The number of carbonyl (C=O) groups is 1. The molecule has 6 heteroatoms. The number of ether oxygens (including phenoxy) is 1. The summed E-state index contributed by atoms with van der Waals surface area (Å²) < 4.78 is 7.24. The van der Waals surface area contributed by atoms with Gasteiger partial charge in [0.1, 0.15) is 11.6 Å². The van der Waals surface area contributed by atoms with Crippen LogP contribution in [0.3, 0.4) is 0 Å². The molecule has 140 valence electrons. The minimum atomic E-state index is -0.779. The molecule has 1 aromatic carbocycles. The van der Waals surface area contributed by atoms with Gasteiger partial charge in [-0.1, -0.05) is 12.1 Å². The van der Waals surface area contributed by atoms with Crippen molar-refractivity contribution in [3.63, 3.8) is 0 Å². The lowest BCUT2D eigenvalue weighted by molar-refractivity contribution is -0.135. The number of carbonyl (C=O) groups excluding carboxylic acids is 1. The highest BCUT2D eigenvalue weighted by Gasteiger charge is 2.34. The summed E-state index contributed by atoms with van der Waals surface area (Å²) in [6.07, 6.45) is 5.17. The average Bonchev–Trinajstić information content (AvgIpc) is 3.00. The lowest BCUT2D eigenvalue weighted by atomic mass is 9.91. The molecule has 3 rings (SSSR count). The summed E-state index contributed by atoms with van der Waals surface area (Å²) in [6.45, 7) is 5.60. The monoisotopic (exact) mass is 357 g/mol. The molecule has 6 nitrogen and oxygen atoms in total. The average molecular weight is 357 g/mol. The first kappa shape index (κ1) is 18.5. The SMILES string of the molecule is COc1ccc(CC(=O)N2CCC(O)(Cn3ccnc3C)CC2)cc1C. The minimum absolute atomic E-state index is 0.107. The number of methoxy groups -OCH3 is 1. The van der Waals surface area contributed by atoms with E-state index >= 15 is 0 Å². The Hall–Kier alpha value is -2.34. The quantitative estimate of drug-likeness (QED) is 0.890. The lowest BCUT2D eigenvalue weighted by Gasteiger charge is -2.38. The van der Waals surface area contributed by atoms with Crippen LogP contribution in [-0.4, -0.2) is 51.3 Å². The van der Waals surface area contributed by atoms with Crippen LogP contribution in [0.1, 0.15) is 29.8 Å². The first-order valence-electron chi connectivity index (χ1n) is 9.02. The highest BCUT2D eigenvalue weighted by Crippen LogP contribution is 2.25. The zero-order valence-corrected chi connectivity index (χ0v) is 15.7. The lowest BCUT2D eigenvalue weighted by Crippen LogP contribution is -2.49. The van der Waals surface area contributed by atoms with Crippen molar-refractivity contribution < 1.29 is 14.6 Å². The van der Waals surface area contributed by atoms with Crippen LogP contribution in [0.25, 0.3) is 0 Å². The molecule has 2 heterocycles. The van der Waals surface area contributed by atoms with Crippen LogP contribution in [0.5, 0.6) is 5.75 Å². The van der Waals surface area contributed by atoms with Gasteiger partial charge in [-0.05, 0) is 43.9 Å². The van der Waals surface area contributed by atoms with E-state index in [0.717, 1.165) is 22.7 Å². The van der Waals surface area contributed by atoms with E-state index in [-0.39, 0.29) is 5.91 Å². The van der Waals surface area contributed by atoms with E-state index in [1.165, 1.54) is 0 Å². The van der Waals surface area contributed by atoms with Crippen LogP contribution < -0.4 is 4.74 Å². The van der Waals surface area contributed by atoms with Crippen molar-refractivity contribution in [3.05, 3.63) is 47.5 Å². The number of aliphatic hydroxyl groups is 1. The smallest absolute Gasteiger partial charge is 0.226 e. The Bertz CT molecular complexity index is 776. The summed E-state index contributed by atoms with van der Waals surface area (Å²) in [5.74, 6) is 1.83. The Morgan fingerprint density at radius 1 is 1.31 bits per heavy atom. The summed E-state index contributed by atoms with van der Waals surface area (Å²) in [7, 11) is 1.65. The third kappa shape index (κ3) is 4.07. The van der Waals surface area contributed by atoms with Gasteiger partial charge in [0.2, 0.25) is 5.91 Å². The molecular weight excluding hydrogens is 330 g/mol. The largest absolute Gasteiger partial charge is 0.496 e. The normalized spacial score (nSPS) is 16.5. The molecule has 1 aliphatic rings. The standard InChI is InChI=1S/C20H27N3O3/c1-15-12-17(4-5-18(15)26-3)13-19(24)22-9-6-20(25,7-10-22)14-23-11-8-21-16(23)2/h4-5,8,11-12,25H,6-7,9-10,13-14H2,1-3H3. The van der Waals surface area contributed by atoms with Crippen LogP contribution in [-0.2, 0) is 17.8 Å². The third-order valence-corrected chi connectivity index (χ3v) is 5.25. The molecule has 0 bridgehead atoms. The van der Waals surface area contributed by atoms with Crippen molar-refractivity contribution in [2.75, 3.05) is 20.2 Å². The van der Waals surface area contributed by atoms with Crippen molar-refractivity contribution in [2.24, 2.45) is 0 Å². The first-order chi connectivity index (χ1) is 12.4. The van der Waals surface area contributed by atoms with Gasteiger partial charge in [-0.25, -0.2) is 4.98 Å². The van der Waals surface area contributed by atoms with E-state index in [0.29, 0.717) is 38.9 Å². The van der Waals surface area contributed by atoms with Gasteiger partial charge in [0.15, 0.2) is 0 Å². The number of aryl methyl sites for hydroxylation is 2. The minimum Gasteiger partial charge on any atom is -0.496 e. The summed E-state index contributed by atoms with van der Waals surface area (Å²) in [5.41, 5.74) is 1.24. The molecule has 0 spiro atoms. The summed E-state index contributed by atoms with van der Waals surface area (Å²) >= 11 is 0. The number of likely N-dealkylation sites (tertiary alicyclic amines) is 1. The maximum Gasteiger partial charge on any atom is 0.226 e. The molecule has 2 aromatic rings. The zero-order valence-electron chi connectivity index (χ0n) is 15.7. The molecule has 0 aliphatic carbocycles. The van der Waals surface area contributed by atoms with Gasteiger partial charge < -0.3 is 19.3 Å². The first-order valence-corrected chi connectivity index (χ1v) is 9.02. The fourth-order valence-corrected chi connectivity index (χ4v) is 3.56. The number of hydrogen-bond acceptors (Lipinski definition) is 4. The summed E-state index contributed by atoms with van der Waals surface area (Å²) in [4.78, 5) is 18.7. The number of nitrogens with zero attached hydrogens (tertiary/aromatic N) is 3. The summed E-state index contributed by atoms with van der Waals surface area (Å²) in [5, 5.41) is 10.9. The molecule has 1 amide bonds. The van der Waals surface area contributed by atoms with Crippen molar-refractivity contribution in [1.82, 2.24) is 14.5 Å². The number of imidazole rings is 1. The van der Waals surface area contributed by atoms with Gasteiger partial charge in [-0.2, -0.15) is 0 Å². The molecule has 0 unspecified atom stereocenters. The molecule has 1 fully saturated rings. The number of rotatable bonds is 5. The number of aromatic nitrogens is 2. The van der Waals surface area contributed by atoms with Crippen LogP contribution in [0.15, 0.2) is 30.6 Å². The molecular formula is C20H27N3O3.